The maximum Gasteiger partial charge on any atom is 0.414 e. The molecule has 1 heterocycles. The summed E-state index contributed by atoms with van der Waals surface area (Å²) in [6, 6.07) is 11.0. The lowest BCUT2D eigenvalue weighted by Crippen LogP contribution is -2.33. The molecule has 13 heteroatoms. The first-order valence-corrected chi connectivity index (χ1v) is 13.9. The minimum absolute atomic E-state index is 0.123. The largest absolute Gasteiger partial charge is 0.480 e. The number of anilines is 3. The fraction of sp³-hybridized carbons (Fsp3) is 0.393. The Kier molecular flexibility index (Phi) is 11.4. The minimum Gasteiger partial charge on any atom is -0.480 e. The number of carbonyl (C=O) groups is 2. The van der Waals surface area contributed by atoms with Gasteiger partial charge in [-0.15, -0.1) is 0 Å². The summed E-state index contributed by atoms with van der Waals surface area (Å²) in [5.41, 5.74) is 1.63. The Morgan fingerprint density at radius 2 is 1.63 bits per heavy atom. The highest BCUT2D eigenvalue weighted by molar-refractivity contribution is 6.42. The lowest BCUT2D eigenvalue weighted by atomic mass is 10.1. The highest BCUT2D eigenvalue weighted by atomic mass is 35.5. The SMILES string of the molecule is CCN(Cc1ccc(Cl)c(Cl)c1)c1nc(NCC(C)C)nc(N[C@@H](Cc2ccc(OC(=O)N(C)C)cc2)C(=O)O)n1. The zero-order valence-corrected chi connectivity index (χ0v) is 25.2. The van der Waals surface area contributed by atoms with Crippen LogP contribution in [0.5, 0.6) is 5.75 Å². The smallest absolute Gasteiger partial charge is 0.414 e. The third-order valence-electron chi connectivity index (χ3n) is 5.85. The molecular weight excluding hydrogens is 569 g/mol. The Labute approximate surface area is 249 Å². The zero-order valence-electron chi connectivity index (χ0n) is 23.7. The molecule has 41 heavy (non-hydrogen) atoms. The van der Waals surface area contributed by atoms with Crippen LogP contribution in [0.4, 0.5) is 22.6 Å². The Morgan fingerprint density at radius 3 is 2.22 bits per heavy atom. The summed E-state index contributed by atoms with van der Waals surface area (Å²) >= 11 is 12.3. The van der Waals surface area contributed by atoms with Crippen LogP contribution >= 0.6 is 23.2 Å². The lowest BCUT2D eigenvalue weighted by Gasteiger charge is -2.23. The predicted molar refractivity (Wildman–Crippen MR) is 161 cm³/mol. The Balaban J connectivity index is 1.84. The maximum atomic E-state index is 12.2. The molecule has 1 atom stereocenters. The molecule has 220 valence electrons. The summed E-state index contributed by atoms with van der Waals surface area (Å²) < 4.78 is 5.24. The number of carboxylic acids is 1. The first-order chi connectivity index (χ1) is 19.4. The van der Waals surface area contributed by atoms with E-state index in [1.54, 1.807) is 50.5 Å². The van der Waals surface area contributed by atoms with E-state index in [9.17, 15) is 14.7 Å². The average Bonchev–Trinajstić information content (AvgIpc) is 2.92. The van der Waals surface area contributed by atoms with E-state index in [1.807, 2.05) is 17.9 Å². The van der Waals surface area contributed by atoms with Crippen LogP contribution in [0.15, 0.2) is 42.5 Å². The Morgan fingerprint density at radius 1 is 0.976 bits per heavy atom. The van der Waals surface area contributed by atoms with E-state index >= 15 is 0 Å². The number of nitrogens with zero attached hydrogens (tertiary/aromatic N) is 5. The highest BCUT2D eigenvalue weighted by Crippen LogP contribution is 2.25. The molecule has 0 spiro atoms. The van der Waals surface area contributed by atoms with Crippen LogP contribution in [0.2, 0.25) is 10.0 Å². The summed E-state index contributed by atoms with van der Waals surface area (Å²) in [7, 11) is 3.17. The van der Waals surface area contributed by atoms with Gasteiger partial charge in [0.25, 0.3) is 0 Å². The summed E-state index contributed by atoms with van der Waals surface area (Å²) in [5.74, 6) is 0.440. The number of halogens is 2. The molecule has 0 radical (unpaired) electrons. The van der Waals surface area contributed by atoms with Crippen molar-refractivity contribution in [1.29, 1.82) is 0 Å². The predicted octanol–water partition coefficient (Wildman–Crippen LogP) is 5.44. The van der Waals surface area contributed by atoms with Crippen molar-refractivity contribution in [2.75, 3.05) is 42.7 Å². The van der Waals surface area contributed by atoms with Gasteiger partial charge < -0.3 is 30.3 Å². The average molecular weight is 605 g/mol. The van der Waals surface area contributed by atoms with Crippen LogP contribution in [-0.4, -0.2) is 70.2 Å². The van der Waals surface area contributed by atoms with Crippen LogP contribution in [-0.2, 0) is 17.8 Å². The number of carbonyl (C=O) groups excluding carboxylic acids is 1. The van der Waals surface area contributed by atoms with Crippen molar-refractivity contribution in [2.45, 2.75) is 39.8 Å². The first kappa shape index (κ1) is 31.7. The molecule has 0 bridgehead atoms. The number of benzene rings is 2. The molecule has 0 saturated heterocycles. The van der Waals surface area contributed by atoms with Crippen molar-refractivity contribution in [3.8, 4) is 5.75 Å². The minimum atomic E-state index is -1.07. The second-order valence-electron chi connectivity index (χ2n) is 9.97. The topological polar surface area (TPSA) is 133 Å². The van der Waals surface area contributed by atoms with E-state index in [0.717, 1.165) is 11.1 Å². The summed E-state index contributed by atoms with van der Waals surface area (Å²) in [5, 5.41) is 17.1. The summed E-state index contributed by atoms with van der Waals surface area (Å²) in [6.07, 6.45) is -0.371. The van der Waals surface area contributed by atoms with Crippen molar-refractivity contribution in [1.82, 2.24) is 19.9 Å². The van der Waals surface area contributed by atoms with E-state index in [0.29, 0.717) is 53.2 Å². The zero-order chi connectivity index (χ0) is 30.1. The van der Waals surface area contributed by atoms with Gasteiger partial charge in [-0.1, -0.05) is 55.2 Å². The van der Waals surface area contributed by atoms with Crippen molar-refractivity contribution in [2.24, 2.45) is 5.92 Å². The number of rotatable bonds is 13. The molecule has 1 aromatic heterocycles. The van der Waals surface area contributed by atoms with Crippen LogP contribution < -0.4 is 20.3 Å². The van der Waals surface area contributed by atoms with E-state index in [-0.39, 0.29) is 12.4 Å². The van der Waals surface area contributed by atoms with Gasteiger partial charge in [-0.3, -0.25) is 0 Å². The molecule has 0 unspecified atom stereocenters. The van der Waals surface area contributed by atoms with Gasteiger partial charge in [0.2, 0.25) is 17.8 Å². The van der Waals surface area contributed by atoms with Crippen LogP contribution in [0.1, 0.15) is 31.9 Å². The van der Waals surface area contributed by atoms with Crippen molar-refractivity contribution < 1.29 is 19.4 Å². The van der Waals surface area contributed by atoms with E-state index < -0.39 is 18.1 Å². The molecule has 0 fully saturated rings. The molecule has 2 aromatic carbocycles. The van der Waals surface area contributed by atoms with Gasteiger partial charge in [-0.05, 0) is 48.2 Å². The van der Waals surface area contributed by atoms with E-state index in [4.69, 9.17) is 27.9 Å². The molecule has 0 saturated carbocycles. The van der Waals surface area contributed by atoms with E-state index in [2.05, 4.69) is 39.4 Å². The molecule has 3 rings (SSSR count). The van der Waals surface area contributed by atoms with Crippen molar-refractivity contribution >= 4 is 53.1 Å². The number of aliphatic carboxylic acids is 1. The molecule has 3 N–H and O–H groups in total. The highest BCUT2D eigenvalue weighted by Gasteiger charge is 2.22. The summed E-state index contributed by atoms with van der Waals surface area (Å²) in [6.45, 7) is 7.73. The van der Waals surface area contributed by atoms with Crippen molar-refractivity contribution in [3.63, 3.8) is 0 Å². The van der Waals surface area contributed by atoms with Gasteiger partial charge in [-0.25, -0.2) is 9.59 Å². The number of aromatic nitrogens is 3. The fourth-order valence-electron chi connectivity index (χ4n) is 3.60. The quantitative estimate of drug-likeness (QED) is 0.232. The second-order valence-corrected chi connectivity index (χ2v) is 10.8. The molecule has 0 aliphatic heterocycles. The summed E-state index contributed by atoms with van der Waals surface area (Å²) in [4.78, 5) is 40.8. The van der Waals surface area contributed by atoms with Gasteiger partial charge in [0.1, 0.15) is 11.8 Å². The fourth-order valence-corrected chi connectivity index (χ4v) is 3.93. The Bertz CT molecular complexity index is 1340. The molecule has 0 aliphatic rings. The van der Waals surface area contributed by atoms with Gasteiger partial charge in [-0.2, -0.15) is 15.0 Å². The lowest BCUT2D eigenvalue weighted by molar-refractivity contribution is -0.137. The molecule has 11 nitrogen and oxygen atoms in total. The number of nitrogens with one attached hydrogen (secondary N) is 2. The number of amides is 1. The van der Waals surface area contributed by atoms with Crippen LogP contribution in [0, 0.1) is 5.92 Å². The molecular formula is C28H35Cl2N7O4. The number of hydrogen-bond donors (Lipinski definition) is 3. The second kappa shape index (κ2) is 14.7. The maximum absolute atomic E-state index is 12.2. The van der Waals surface area contributed by atoms with Gasteiger partial charge in [0.15, 0.2) is 0 Å². The molecule has 3 aromatic rings. The van der Waals surface area contributed by atoms with Crippen LogP contribution in [0.25, 0.3) is 0 Å². The van der Waals surface area contributed by atoms with Gasteiger partial charge >= 0.3 is 12.1 Å². The van der Waals surface area contributed by atoms with E-state index in [1.165, 1.54) is 4.90 Å². The molecule has 1 amide bonds. The molecule has 0 aliphatic carbocycles. The Hall–Kier alpha value is -3.83. The number of ether oxygens (including phenoxy) is 1. The number of hydrogen-bond acceptors (Lipinski definition) is 9. The van der Waals surface area contributed by atoms with Gasteiger partial charge in [0, 0.05) is 40.2 Å². The van der Waals surface area contributed by atoms with Crippen LogP contribution in [0.3, 0.4) is 0 Å². The standard InChI is InChI=1S/C28H35Cl2N7O4/c1-6-37(16-19-9-12-21(29)22(30)13-19)27-34-25(31-15-17(2)3)33-26(35-27)32-23(24(38)39)14-18-7-10-20(11-8-18)41-28(40)36(4)5/h7-13,17,23H,6,14-16H2,1-5H3,(H,38,39)(H2,31,32,33,34,35)/t23-/m0/s1. The number of carboxylic acid groups (broad SMARTS) is 1. The third-order valence-corrected chi connectivity index (χ3v) is 6.59. The monoisotopic (exact) mass is 603 g/mol. The first-order valence-electron chi connectivity index (χ1n) is 13.1. The van der Waals surface area contributed by atoms with Crippen molar-refractivity contribution in [3.05, 3.63) is 63.6 Å². The normalized spacial score (nSPS) is 11.6. The third kappa shape index (κ3) is 9.65. The van der Waals surface area contributed by atoms with Gasteiger partial charge in [0.05, 0.1) is 10.0 Å².